The highest BCUT2D eigenvalue weighted by Crippen LogP contribution is 2.26. The molecule has 118 valence electrons. The van der Waals surface area contributed by atoms with Crippen LogP contribution in [0.25, 0.3) is 0 Å². The van der Waals surface area contributed by atoms with E-state index in [-0.39, 0.29) is 0 Å². The maximum atomic E-state index is 6.30. The number of benzene rings is 1. The Balaban J connectivity index is 2.08. The van der Waals surface area contributed by atoms with Crippen LogP contribution in [0.5, 0.6) is 0 Å². The number of pyridine rings is 1. The molecule has 0 bridgehead atoms. The molecule has 0 saturated heterocycles. The Morgan fingerprint density at radius 2 is 1.95 bits per heavy atom. The van der Waals surface area contributed by atoms with E-state index >= 15 is 0 Å². The van der Waals surface area contributed by atoms with Gasteiger partial charge < -0.3 is 4.74 Å². The lowest BCUT2D eigenvalue weighted by atomic mass is 10.2. The van der Waals surface area contributed by atoms with Crippen LogP contribution in [0.3, 0.4) is 0 Å². The summed E-state index contributed by atoms with van der Waals surface area (Å²) in [7, 11) is 1.72. The van der Waals surface area contributed by atoms with E-state index in [4.69, 9.17) is 27.9 Å². The molecule has 22 heavy (non-hydrogen) atoms. The van der Waals surface area contributed by atoms with Crippen molar-refractivity contribution in [2.45, 2.75) is 19.5 Å². The fourth-order valence-electron chi connectivity index (χ4n) is 2.28. The summed E-state index contributed by atoms with van der Waals surface area (Å²) < 4.78 is 5.15. The molecule has 1 aromatic heterocycles. The van der Waals surface area contributed by atoms with Gasteiger partial charge in [-0.05, 0) is 30.2 Å². The fraction of sp³-hybridized carbons (Fsp3) is 0.353. The van der Waals surface area contributed by atoms with Gasteiger partial charge in [-0.15, -0.1) is 0 Å². The van der Waals surface area contributed by atoms with E-state index in [0.29, 0.717) is 10.0 Å². The molecule has 0 aliphatic carbocycles. The van der Waals surface area contributed by atoms with Crippen LogP contribution in [-0.4, -0.2) is 30.1 Å². The van der Waals surface area contributed by atoms with Crippen molar-refractivity contribution in [3.05, 3.63) is 63.9 Å². The standard InChI is InChI=1S/C17H20Cl2N2O/c1-22-11-5-10-21(13-15-7-2-3-9-20-15)12-14-6-4-8-16(18)17(14)19/h2-4,6-9H,5,10-13H2,1H3. The molecular weight excluding hydrogens is 319 g/mol. The van der Waals surface area contributed by atoms with Gasteiger partial charge >= 0.3 is 0 Å². The van der Waals surface area contributed by atoms with Gasteiger partial charge in [0.2, 0.25) is 0 Å². The zero-order valence-corrected chi connectivity index (χ0v) is 14.1. The summed E-state index contributed by atoms with van der Waals surface area (Å²) >= 11 is 12.4. The second kappa shape index (κ2) is 9.11. The number of methoxy groups -OCH3 is 1. The Morgan fingerprint density at radius 3 is 2.68 bits per heavy atom. The Hall–Kier alpha value is -1.13. The molecule has 0 atom stereocenters. The number of ether oxygens (including phenoxy) is 1. The quantitative estimate of drug-likeness (QED) is 0.666. The zero-order chi connectivity index (χ0) is 15.8. The predicted octanol–water partition coefficient (Wildman–Crippen LogP) is 4.43. The summed E-state index contributed by atoms with van der Waals surface area (Å²) in [6, 6.07) is 11.7. The number of aromatic nitrogens is 1. The molecule has 3 nitrogen and oxygen atoms in total. The molecular formula is C17H20Cl2N2O. The summed E-state index contributed by atoms with van der Waals surface area (Å²) in [5.74, 6) is 0. The highest BCUT2D eigenvalue weighted by Gasteiger charge is 2.11. The molecule has 0 N–H and O–H groups in total. The van der Waals surface area contributed by atoms with E-state index in [1.807, 2.05) is 36.5 Å². The van der Waals surface area contributed by atoms with Crippen molar-refractivity contribution in [3.8, 4) is 0 Å². The van der Waals surface area contributed by atoms with Crippen molar-refractivity contribution in [2.75, 3.05) is 20.3 Å². The molecule has 2 aromatic rings. The van der Waals surface area contributed by atoms with Gasteiger partial charge in [-0.3, -0.25) is 9.88 Å². The van der Waals surface area contributed by atoms with E-state index in [9.17, 15) is 0 Å². The summed E-state index contributed by atoms with van der Waals surface area (Å²) in [4.78, 5) is 6.70. The lowest BCUT2D eigenvalue weighted by Gasteiger charge is -2.22. The molecule has 0 amide bonds. The second-order valence-corrected chi connectivity index (χ2v) is 5.88. The monoisotopic (exact) mass is 338 g/mol. The number of halogens is 2. The maximum Gasteiger partial charge on any atom is 0.0637 e. The molecule has 2 rings (SSSR count). The molecule has 0 unspecified atom stereocenters. The van der Waals surface area contributed by atoms with E-state index in [1.165, 1.54) is 0 Å². The molecule has 0 fully saturated rings. The van der Waals surface area contributed by atoms with Crippen LogP contribution in [0.1, 0.15) is 17.7 Å². The molecule has 1 aromatic carbocycles. The highest BCUT2D eigenvalue weighted by atomic mass is 35.5. The van der Waals surface area contributed by atoms with Crippen molar-refractivity contribution >= 4 is 23.2 Å². The third-order valence-corrected chi connectivity index (χ3v) is 4.22. The van der Waals surface area contributed by atoms with Crippen LogP contribution >= 0.6 is 23.2 Å². The van der Waals surface area contributed by atoms with E-state index in [2.05, 4.69) is 9.88 Å². The number of hydrogen-bond acceptors (Lipinski definition) is 3. The number of rotatable bonds is 8. The average Bonchev–Trinajstić information content (AvgIpc) is 2.53. The van der Waals surface area contributed by atoms with Crippen LogP contribution in [0.2, 0.25) is 10.0 Å². The van der Waals surface area contributed by atoms with Gasteiger partial charge in [0.1, 0.15) is 0 Å². The first-order chi connectivity index (χ1) is 10.7. The lowest BCUT2D eigenvalue weighted by Crippen LogP contribution is -2.25. The normalized spacial score (nSPS) is 11.1. The van der Waals surface area contributed by atoms with Crippen molar-refractivity contribution in [2.24, 2.45) is 0 Å². The van der Waals surface area contributed by atoms with Gasteiger partial charge in [0, 0.05) is 39.5 Å². The van der Waals surface area contributed by atoms with Gasteiger partial charge in [-0.25, -0.2) is 0 Å². The summed E-state index contributed by atoms with van der Waals surface area (Å²) in [5.41, 5.74) is 2.07. The van der Waals surface area contributed by atoms with Gasteiger partial charge in [0.05, 0.1) is 15.7 Å². The minimum absolute atomic E-state index is 0.592. The lowest BCUT2D eigenvalue weighted by molar-refractivity contribution is 0.166. The van der Waals surface area contributed by atoms with Gasteiger partial charge in [-0.1, -0.05) is 41.4 Å². The van der Waals surface area contributed by atoms with Crippen LogP contribution in [-0.2, 0) is 17.8 Å². The molecule has 1 heterocycles. The minimum atomic E-state index is 0.592. The van der Waals surface area contributed by atoms with Crippen molar-refractivity contribution in [1.29, 1.82) is 0 Å². The Morgan fingerprint density at radius 1 is 1.09 bits per heavy atom. The first-order valence-corrected chi connectivity index (χ1v) is 8.00. The van der Waals surface area contributed by atoms with E-state index < -0.39 is 0 Å². The zero-order valence-electron chi connectivity index (χ0n) is 12.6. The third-order valence-electron chi connectivity index (χ3n) is 3.36. The predicted molar refractivity (Wildman–Crippen MR) is 91.3 cm³/mol. The second-order valence-electron chi connectivity index (χ2n) is 5.09. The Kier molecular flexibility index (Phi) is 7.13. The first kappa shape index (κ1) is 17.2. The van der Waals surface area contributed by atoms with Crippen molar-refractivity contribution in [3.63, 3.8) is 0 Å². The minimum Gasteiger partial charge on any atom is -0.385 e. The highest BCUT2D eigenvalue weighted by molar-refractivity contribution is 6.42. The fourth-order valence-corrected chi connectivity index (χ4v) is 2.66. The number of nitrogens with zero attached hydrogens (tertiary/aromatic N) is 2. The third kappa shape index (κ3) is 5.25. The molecule has 5 heteroatoms. The first-order valence-electron chi connectivity index (χ1n) is 7.25. The molecule has 0 spiro atoms. The number of hydrogen-bond donors (Lipinski definition) is 0. The SMILES string of the molecule is COCCCN(Cc1ccccn1)Cc1cccc(Cl)c1Cl. The van der Waals surface area contributed by atoms with E-state index in [0.717, 1.165) is 43.9 Å². The topological polar surface area (TPSA) is 25.4 Å². The van der Waals surface area contributed by atoms with Crippen LogP contribution in [0.4, 0.5) is 0 Å². The largest absolute Gasteiger partial charge is 0.385 e. The van der Waals surface area contributed by atoms with Crippen molar-refractivity contribution < 1.29 is 4.74 Å². The Labute approximate surface area is 141 Å². The molecule has 0 radical (unpaired) electrons. The van der Waals surface area contributed by atoms with Gasteiger partial charge in [0.15, 0.2) is 0 Å². The van der Waals surface area contributed by atoms with Crippen molar-refractivity contribution in [1.82, 2.24) is 9.88 Å². The van der Waals surface area contributed by atoms with Crippen LogP contribution in [0.15, 0.2) is 42.6 Å². The smallest absolute Gasteiger partial charge is 0.0637 e. The summed E-state index contributed by atoms with van der Waals surface area (Å²) in [6.07, 6.45) is 2.77. The van der Waals surface area contributed by atoms with Gasteiger partial charge in [-0.2, -0.15) is 0 Å². The molecule has 0 saturated carbocycles. The average molecular weight is 339 g/mol. The summed E-state index contributed by atoms with van der Waals surface area (Å²) in [5, 5.41) is 1.22. The Bertz CT molecular complexity index is 578. The maximum absolute atomic E-state index is 6.30. The summed E-state index contributed by atoms with van der Waals surface area (Å²) in [6.45, 7) is 3.16. The molecule has 0 aliphatic heterocycles. The van der Waals surface area contributed by atoms with Crippen LogP contribution in [0, 0.1) is 0 Å². The van der Waals surface area contributed by atoms with Gasteiger partial charge in [0.25, 0.3) is 0 Å². The molecule has 0 aliphatic rings. The van der Waals surface area contributed by atoms with Crippen LogP contribution < -0.4 is 0 Å². The van der Waals surface area contributed by atoms with E-state index in [1.54, 1.807) is 13.2 Å².